The number of rotatable bonds is 12. The second-order valence-corrected chi connectivity index (χ2v) is 13.3. The predicted molar refractivity (Wildman–Crippen MR) is 191 cm³/mol. The highest BCUT2D eigenvalue weighted by Gasteiger charge is 2.43. The van der Waals surface area contributed by atoms with Gasteiger partial charge in [0.05, 0.1) is 23.7 Å². The number of aliphatic hydroxyl groups excluding tert-OH is 1. The number of ether oxygens (including phenoxy) is 1. The standard InChI is InChI=1S/C40H42N4O6/c45-35-14-12-32(33-13-15-37(47)42-38(33)35)36(46)23-41-22-26-6-4-7-27(20-26)25-50-31-11-5-10-30(21-31)39(29-8-2-1-3-9-29)44(40(48)49)34-24-43-18-16-28(34)17-19-43/h1-15,20-21,28,34,36,39,41,45-46H,16-19,22-25H2,(H,42,47)(H,48,49)/t34-,36-,39-/m0/s1. The topological polar surface area (TPSA) is 138 Å². The fourth-order valence-corrected chi connectivity index (χ4v) is 7.62. The van der Waals surface area contributed by atoms with Crippen molar-refractivity contribution in [2.75, 3.05) is 26.2 Å². The van der Waals surface area contributed by atoms with E-state index in [1.165, 1.54) is 12.1 Å². The Morgan fingerprint density at radius 1 is 0.920 bits per heavy atom. The number of hydrogen-bond donors (Lipinski definition) is 5. The minimum atomic E-state index is -0.908. The zero-order valence-corrected chi connectivity index (χ0v) is 27.7. The molecule has 10 heteroatoms. The Balaban J connectivity index is 1.02. The van der Waals surface area contributed by atoms with Gasteiger partial charge in [-0.2, -0.15) is 0 Å². The van der Waals surface area contributed by atoms with Crippen molar-refractivity contribution in [3.63, 3.8) is 0 Å². The van der Waals surface area contributed by atoms with E-state index in [1.807, 2.05) is 72.8 Å². The highest BCUT2D eigenvalue weighted by atomic mass is 16.5. The minimum Gasteiger partial charge on any atom is -0.506 e. The molecule has 258 valence electrons. The van der Waals surface area contributed by atoms with Crippen LogP contribution in [0.1, 0.15) is 52.8 Å². The van der Waals surface area contributed by atoms with E-state index in [0.29, 0.717) is 41.3 Å². The van der Waals surface area contributed by atoms with Crippen LogP contribution in [-0.4, -0.2) is 68.4 Å². The minimum absolute atomic E-state index is 0.0462. The molecule has 0 spiro atoms. The van der Waals surface area contributed by atoms with Gasteiger partial charge in [0.2, 0.25) is 5.56 Å². The van der Waals surface area contributed by atoms with Crippen molar-refractivity contribution in [2.24, 2.45) is 5.92 Å². The molecule has 3 aliphatic heterocycles. The molecule has 4 aromatic carbocycles. The second-order valence-electron chi connectivity index (χ2n) is 13.3. The molecule has 3 fully saturated rings. The van der Waals surface area contributed by atoms with Crippen molar-refractivity contribution in [2.45, 2.75) is 44.2 Å². The number of fused-ring (bicyclic) bond motifs is 4. The number of benzene rings is 4. The Labute approximate surface area is 290 Å². The van der Waals surface area contributed by atoms with Gasteiger partial charge >= 0.3 is 6.09 Å². The largest absolute Gasteiger partial charge is 0.506 e. The van der Waals surface area contributed by atoms with Gasteiger partial charge in [-0.25, -0.2) is 4.79 Å². The van der Waals surface area contributed by atoms with Crippen LogP contribution in [0.3, 0.4) is 0 Å². The Morgan fingerprint density at radius 3 is 2.44 bits per heavy atom. The van der Waals surface area contributed by atoms with Gasteiger partial charge in [0.1, 0.15) is 18.1 Å². The van der Waals surface area contributed by atoms with Crippen LogP contribution in [0.4, 0.5) is 4.79 Å². The van der Waals surface area contributed by atoms with Gasteiger partial charge in [-0.3, -0.25) is 9.69 Å². The fourth-order valence-electron chi connectivity index (χ4n) is 7.62. The van der Waals surface area contributed by atoms with E-state index in [1.54, 1.807) is 17.0 Å². The molecule has 8 rings (SSSR count). The van der Waals surface area contributed by atoms with Crippen LogP contribution < -0.4 is 15.6 Å². The summed E-state index contributed by atoms with van der Waals surface area (Å²) in [6.07, 6.45) is 0.278. The first-order chi connectivity index (χ1) is 24.3. The van der Waals surface area contributed by atoms with E-state index >= 15 is 0 Å². The average molecular weight is 675 g/mol. The lowest BCUT2D eigenvalue weighted by atomic mass is 9.81. The lowest BCUT2D eigenvalue weighted by Gasteiger charge is -2.50. The third kappa shape index (κ3) is 7.23. The van der Waals surface area contributed by atoms with Crippen LogP contribution in [0, 0.1) is 5.92 Å². The van der Waals surface area contributed by atoms with Gasteiger partial charge < -0.3 is 35.3 Å². The number of phenolic OH excluding ortho intramolecular Hbond substituents is 1. The zero-order valence-electron chi connectivity index (χ0n) is 27.7. The van der Waals surface area contributed by atoms with Crippen molar-refractivity contribution in [1.29, 1.82) is 0 Å². The van der Waals surface area contributed by atoms with E-state index in [0.717, 1.165) is 54.7 Å². The normalized spacial score (nSPS) is 19.6. The summed E-state index contributed by atoms with van der Waals surface area (Å²) in [4.78, 5) is 31.4. The van der Waals surface area contributed by atoms with E-state index in [-0.39, 0.29) is 23.9 Å². The summed E-state index contributed by atoms with van der Waals surface area (Å²) in [7, 11) is 0. The molecule has 1 aromatic heterocycles. The maximum atomic E-state index is 13.0. The number of nitrogens with one attached hydrogen (secondary N) is 2. The van der Waals surface area contributed by atoms with Crippen molar-refractivity contribution in [3.8, 4) is 11.5 Å². The molecule has 0 aliphatic carbocycles. The van der Waals surface area contributed by atoms with Gasteiger partial charge in [-0.05, 0) is 83.9 Å². The fraction of sp³-hybridized carbons (Fsp3) is 0.300. The first-order valence-corrected chi connectivity index (χ1v) is 17.2. The number of aromatic hydroxyl groups is 1. The van der Waals surface area contributed by atoms with E-state index < -0.39 is 18.2 Å². The number of nitrogens with zero attached hydrogens (tertiary/aromatic N) is 2. The van der Waals surface area contributed by atoms with Crippen molar-refractivity contribution >= 4 is 17.0 Å². The van der Waals surface area contributed by atoms with Crippen molar-refractivity contribution in [1.82, 2.24) is 20.1 Å². The molecular formula is C40H42N4O6. The number of carbonyl (C=O) groups is 1. The molecular weight excluding hydrogens is 632 g/mol. The maximum Gasteiger partial charge on any atom is 0.408 e. The number of carboxylic acid groups (broad SMARTS) is 1. The van der Waals surface area contributed by atoms with Gasteiger partial charge in [0.15, 0.2) is 0 Å². The van der Waals surface area contributed by atoms with Gasteiger partial charge in [0, 0.05) is 31.1 Å². The molecule has 2 bridgehead atoms. The highest BCUT2D eigenvalue weighted by molar-refractivity contribution is 5.87. The molecule has 10 nitrogen and oxygen atoms in total. The molecule has 3 aliphatic rings. The predicted octanol–water partition coefficient (Wildman–Crippen LogP) is 5.80. The summed E-state index contributed by atoms with van der Waals surface area (Å²) in [5.41, 5.74) is 4.38. The monoisotopic (exact) mass is 674 g/mol. The van der Waals surface area contributed by atoms with Crippen LogP contribution >= 0.6 is 0 Å². The maximum absolute atomic E-state index is 13.0. The van der Waals surface area contributed by atoms with Crippen LogP contribution in [0.15, 0.2) is 108 Å². The summed E-state index contributed by atoms with van der Waals surface area (Å²) < 4.78 is 6.29. The van der Waals surface area contributed by atoms with Gasteiger partial charge in [-0.15, -0.1) is 0 Å². The third-order valence-electron chi connectivity index (χ3n) is 10.1. The van der Waals surface area contributed by atoms with Crippen LogP contribution in [-0.2, 0) is 13.2 Å². The zero-order chi connectivity index (χ0) is 34.6. The Bertz CT molecular complexity index is 2010. The van der Waals surface area contributed by atoms with E-state index in [9.17, 15) is 24.9 Å². The van der Waals surface area contributed by atoms with Crippen molar-refractivity contribution < 1.29 is 24.9 Å². The number of pyridine rings is 1. The number of H-pyrrole nitrogens is 1. The second kappa shape index (κ2) is 14.8. The van der Waals surface area contributed by atoms with Crippen molar-refractivity contribution in [3.05, 3.63) is 141 Å². The number of aliphatic hydroxyl groups is 1. The smallest absolute Gasteiger partial charge is 0.408 e. The lowest BCUT2D eigenvalue weighted by Crippen LogP contribution is -2.59. The lowest BCUT2D eigenvalue weighted by molar-refractivity contribution is -0.000812. The summed E-state index contributed by atoms with van der Waals surface area (Å²) in [5.74, 6) is 0.971. The molecule has 3 saturated heterocycles. The quantitative estimate of drug-likeness (QED) is 0.112. The number of amides is 1. The molecule has 0 saturated carbocycles. The van der Waals surface area contributed by atoms with Crippen LogP contribution in [0.2, 0.25) is 0 Å². The molecule has 0 unspecified atom stereocenters. The molecule has 0 radical (unpaired) electrons. The van der Waals surface area contributed by atoms with Gasteiger partial charge in [-0.1, -0.05) is 72.8 Å². The Hall–Kier alpha value is -5.16. The molecule has 4 heterocycles. The molecule has 1 amide bonds. The Morgan fingerprint density at radius 2 is 1.68 bits per heavy atom. The van der Waals surface area contributed by atoms with Crippen LogP contribution in [0.5, 0.6) is 11.5 Å². The number of hydrogen-bond acceptors (Lipinski definition) is 7. The van der Waals surface area contributed by atoms with E-state index in [4.69, 9.17) is 4.74 Å². The summed E-state index contributed by atoms with van der Waals surface area (Å²) in [6.45, 7) is 3.94. The molecule has 3 atom stereocenters. The SMILES string of the molecule is O=C(O)N([C@@H](c1ccccc1)c1cccc(OCc2cccc(CNC[C@H](O)c3ccc(O)c4[nH]c(=O)ccc34)c2)c1)[C@H]1CN2CCC1CC2. The first kappa shape index (κ1) is 33.3. The summed E-state index contributed by atoms with van der Waals surface area (Å²) >= 11 is 0. The highest BCUT2D eigenvalue weighted by Crippen LogP contribution is 2.39. The average Bonchev–Trinajstić information content (AvgIpc) is 3.14. The molecule has 5 N–H and O–H groups in total. The summed E-state index contributed by atoms with van der Waals surface area (Å²) in [6, 6.07) is 31.3. The molecule has 50 heavy (non-hydrogen) atoms. The first-order valence-electron chi connectivity index (χ1n) is 17.2. The number of piperidine rings is 3. The van der Waals surface area contributed by atoms with Gasteiger partial charge in [0.25, 0.3) is 0 Å². The number of aromatic amines is 1. The number of aromatic nitrogens is 1. The van der Waals surface area contributed by atoms with E-state index in [2.05, 4.69) is 21.3 Å². The third-order valence-corrected chi connectivity index (χ3v) is 10.1. The summed E-state index contributed by atoms with van der Waals surface area (Å²) in [5, 5.41) is 35.6. The van der Waals surface area contributed by atoms with Crippen LogP contribution in [0.25, 0.3) is 10.9 Å². The number of phenols is 1. The molecule has 5 aromatic rings. The Kier molecular flexibility index (Phi) is 9.84.